The summed E-state index contributed by atoms with van der Waals surface area (Å²) in [4.78, 5) is 11.6. The Morgan fingerprint density at radius 2 is 2.05 bits per heavy atom. The van der Waals surface area contributed by atoms with Gasteiger partial charge < -0.3 is 4.52 Å². The fourth-order valence-electron chi connectivity index (χ4n) is 3.86. The molecule has 116 valence electrons. The number of hydrogen-bond acceptors (Lipinski definition) is 5. The van der Waals surface area contributed by atoms with Gasteiger partial charge in [-0.1, -0.05) is 18.0 Å². The van der Waals surface area contributed by atoms with Crippen molar-refractivity contribution in [1.29, 1.82) is 0 Å². The van der Waals surface area contributed by atoms with Crippen molar-refractivity contribution in [2.24, 2.45) is 0 Å². The monoisotopic (exact) mass is 298 g/mol. The van der Waals surface area contributed by atoms with Gasteiger partial charge in [0.1, 0.15) is 5.69 Å². The average molecular weight is 298 g/mol. The van der Waals surface area contributed by atoms with Crippen molar-refractivity contribution >= 4 is 0 Å². The van der Waals surface area contributed by atoms with Crippen molar-refractivity contribution in [2.75, 3.05) is 6.54 Å². The lowest BCUT2D eigenvalue weighted by atomic mass is 10.1. The lowest BCUT2D eigenvalue weighted by Crippen LogP contribution is -2.32. The van der Waals surface area contributed by atoms with E-state index >= 15 is 0 Å². The number of aromatic nitrogens is 3. The Hall–Kier alpha value is -1.75. The standard InChI is InChI=1S/C17H22N4O/c1-12-8-9-18-14(11-12)16-19-17(22-20-16)15-7-4-10-21(15)13-5-2-3-6-13/h8-9,11,13,15H,2-7,10H2,1H3. The molecule has 2 fully saturated rings. The van der Waals surface area contributed by atoms with E-state index in [9.17, 15) is 0 Å². The van der Waals surface area contributed by atoms with Crippen molar-refractivity contribution < 1.29 is 4.52 Å². The summed E-state index contributed by atoms with van der Waals surface area (Å²) in [6.45, 7) is 3.21. The highest BCUT2D eigenvalue weighted by Gasteiger charge is 2.36. The molecule has 0 N–H and O–H groups in total. The van der Waals surface area contributed by atoms with Crippen LogP contribution in [0.15, 0.2) is 22.9 Å². The smallest absolute Gasteiger partial charge is 0.244 e. The van der Waals surface area contributed by atoms with Crippen molar-refractivity contribution in [3.8, 4) is 11.5 Å². The minimum absolute atomic E-state index is 0.300. The fourth-order valence-corrected chi connectivity index (χ4v) is 3.86. The van der Waals surface area contributed by atoms with Gasteiger partial charge in [0.15, 0.2) is 0 Å². The predicted molar refractivity (Wildman–Crippen MR) is 83.2 cm³/mol. The Balaban J connectivity index is 1.58. The maximum Gasteiger partial charge on any atom is 0.244 e. The molecule has 1 saturated heterocycles. The van der Waals surface area contributed by atoms with Gasteiger partial charge in [-0.05, 0) is 56.8 Å². The van der Waals surface area contributed by atoms with Crippen LogP contribution in [0.25, 0.3) is 11.5 Å². The van der Waals surface area contributed by atoms with Gasteiger partial charge in [0.05, 0.1) is 6.04 Å². The van der Waals surface area contributed by atoms with E-state index < -0.39 is 0 Å². The van der Waals surface area contributed by atoms with Gasteiger partial charge in [0, 0.05) is 12.2 Å². The number of rotatable bonds is 3. The lowest BCUT2D eigenvalue weighted by molar-refractivity contribution is 0.153. The van der Waals surface area contributed by atoms with Gasteiger partial charge in [-0.25, -0.2) is 0 Å². The molecular weight excluding hydrogens is 276 g/mol. The summed E-state index contributed by atoms with van der Waals surface area (Å²) in [5.41, 5.74) is 1.95. The van der Waals surface area contributed by atoms with Crippen molar-refractivity contribution in [3.63, 3.8) is 0 Å². The Kier molecular flexibility index (Phi) is 3.66. The molecular formula is C17H22N4O. The summed E-state index contributed by atoms with van der Waals surface area (Å²) >= 11 is 0. The van der Waals surface area contributed by atoms with Crippen LogP contribution in [0.3, 0.4) is 0 Å². The fraction of sp³-hybridized carbons (Fsp3) is 0.588. The average Bonchev–Trinajstić information content (AvgIpc) is 3.27. The normalized spacial score (nSPS) is 23.4. The molecule has 1 atom stereocenters. The van der Waals surface area contributed by atoms with E-state index in [0.717, 1.165) is 30.1 Å². The van der Waals surface area contributed by atoms with E-state index in [-0.39, 0.29) is 0 Å². The summed E-state index contributed by atoms with van der Waals surface area (Å²) in [6, 6.07) is 4.98. The molecule has 0 radical (unpaired) electrons. The van der Waals surface area contributed by atoms with Gasteiger partial charge >= 0.3 is 0 Å². The van der Waals surface area contributed by atoms with E-state index in [0.29, 0.717) is 17.9 Å². The third kappa shape index (κ3) is 2.54. The van der Waals surface area contributed by atoms with Crippen LogP contribution in [0.2, 0.25) is 0 Å². The molecule has 22 heavy (non-hydrogen) atoms. The first-order valence-corrected chi connectivity index (χ1v) is 8.33. The largest absolute Gasteiger partial charge is 0.337 e. The molecule has 2 aromatic heterocycles. The van der Waals surface area contributed by atoms with E-state index in [1.807, 2.05) is 19.1 Å². The van der Waals surface area contributed by atoms with Gasteiger partial charge in [-0.15, -0.1) is 0 Å². The Morgan fingerprint density at radius 3 is 2.86 bits per heavy atom. The number of likely N-dealkylation sites (tertiary alicyclic amines) is 1. The molecule has 1 unspecified atom stereocenters. The summed E-state index contributed by atoms with van der Waals surface area (Å²) < 4.78 is 5.59. The van der Waals surface area contributed by atoms with E-state index in [1.54, 1.807) is 6.20 Å². The van der Waals surface area contributed by atoms with Crippen molar-refractivity contribution in [3.05, 3.63) is 29.8 Å². The SMILES string of the molecule is Cc1ccnc(-c2noc(C3CCCN3C3CCCC3)n2)c1. The third-order valence-electron chi connectivity index (χ3n) is 4.96. The van der Waals surface area contributed by atoms with Gasteiger partial charge in [0.25, 0.3) is 0 Å². The van der Waals surface area contributed by atoms with Crippen LogP contribution in [0.5, 0.6) is 0 Å². The number of hydrogen-bond donors (Lipinski definition) is 0. The van der Waals surface area contributed by atoms with Crippen LogP contribution < -0.4 is 0 Å². The zero-order chi connectivity index (χ0) is 14.9. The second-order valence-electron chi connectivity index (χ2n) is 6.51. The van der Waals surface area contributed by atoms with Gasteiger partial charge in [-0.2, -0.15) is 4.98 Å². The molecule has 4 rings (SSSR count). The van der Waals surface area contributed by atoms with Crippen molar-refractivity contribution in [2.45, 2.75) is 57.5 Å². The molecule has 2 aromatic rings. The van der Waals surface area contributed by atoms with Crippen LogP contribution in [-0.4, -0.2) is 32.6 Å². The topological polar surface area (TPSA) is 55.1 Å². The molecule has 1 aliphatic heterocycles. The molecule has 2 aliphatic rings. The van der Waals surface area contributed by atoms with Crippen LogP contribution in [0.1, 0.15) is 56.0 Å². The van der Waals surface area contributed by atoms with E-state index in [2.05, 4.69) is 20.0 Å². The van der Waals surface area contributed by atoms with E-state index in [1.165, 1.54) is 32.1 Å². The molecule has 1 saturated carbocycles. The van der Waals surface area contributed by atoms with Crippen LogP contribution in [0.4, 0.5) is 0 Å². The lowest BCUT2D eigenvalue weighted by Gasteiger charge is -2.28. The third-order valence-corrected chi connectivity index (χ3v) is 4.96. The Morgan fingerprint density at radius 1 is 1.18 bits per heavy atom. The number of nitrogens with zero attached hydrogens (tertiary/aromatic N) is 4. The molecule has 1 aliphatic carbocycles. The maximum atomic E-state index is 5.59. The first kappa shape index (κ1) is 13.9. The first-order chi connectivity index (χ1) is 10.8. The Bertz CT molecular complexity index is 648. The molecule has 0 spiro atoms. The highest BCUT2D eigenvalue weighted by molar-refractivity contribution is 5.49. The zero-order valence-corrected chi connectivity index (χ0v) is 13.0. The minimum Gasteiger partial charge on any atom is -0.337 e. The second kappa shape index (κ2) is 5.80. The zero-order valence-electron chi connectivity index (χ0n) is 13.0. The molecule has 5 heteroatoms. The predicted octanol–water partition coefficient (Wildman–Crippen LogP) is 3.52. The summed E-state index contributed by atoms with van der Waals surface area (Å²) in [5, 5.41) is 4.16. The highest BCUT2D eigenvalue weighted by Crippen LogP contribution is 2.37. The van der Waals surface area contributed by atoms with Crippen LogP contribution in [0, 0.1) is 6.92 Å². The van der Waals surface area contributed by atoms with Crippen LogP contribution in [-0.2, 0) is 0 Å². The molecule has 0 bridgehead atoms. The first-order valence-electron chi connectivity index (χ1n) is 8.33. The van der Waals surface area contributed by atoms with E-state index in [4.69, 9.17) is 4.52 Å². The molecule has 3 heterocycles. The molecule has 0 aromatic carbocycles. The maximum absolute atomic E-state index is 5.59. The highest BCUT2D eigenvalue weighted by atomic mass is 16.5. The quantitative estimate of drug-likeness (QED) is 0.867. The van der Waals surface area contributed by atoms with Crippen LogP contribution >= 0.6 is 0 Å². The number of aryl methyl sites for hydroxylation is 1. The minimum atomic E-state index is 0.300. The summed E-state index contributed by atoms with van der Waals surface area (Å²) in [6.07, 6.45) is 9.49. The summed E-state index contributed by atoms with van der Waals surface area (Å²) in [7, 11) is 0. The second-order valence-corrected chi connectivity index (χ2v) is 6.51. The van der Waals surface area contributed by atoms with Gasteiger partial charge in [0.2, 0.25) is 11.7 Å². The van der Waals surface area contributed by atoms with Crippen molar-refractivity contribution in [1.82, 2.24) is 20.0 Å². The number of pyridine rings is 1. The molecule has 0 amide bonds. The summed E-state index contributed by atoms with van der Waals surface area (Å²) in [5.74, 6) is 1.37. The van der Waals surface area contributed by atoms with Gasteiger partial charge in [-0.3, -0.25) is 9.88 Å². The Labute approximate surface area is 130 Å². The molecule has 5 nitrogen and oxygen atoms in total.